The number of ether oxygens (including phenoxy) is 1. The van der Waals surface area contributed by atoms with Crippen LogP contribution in [0.3, 0.4) is 0 Å². The molecule has 0 spiro atoms. The van der Waals surface area contributed by atoms with E-state index in [1.54, 1.807) is 7.11 Å². The number of fused-ring (bicyclic) bond motifs is 1. The highest BCUT2D eigenvalue weighted by molar-refractivity contribution is 7.99. The number of carbonyl (C=O) groups is 1. The van der Waals surface area contributed by atoms with E-state index in [0.29, 0.717) is 23.3 Å². The van der Waals surface area contributed by atoms with Gasteiger partial charge in [0.2, 0.25) is 11.1 Å². The van der Waals surface area contributed by atoms with Gasteiger partial charge in [-0.1, -0.05) is 42.1 Å². The molecule has 1 aliphatic rings. The minimum atomic E-state index is 0.0341. The molecule has 8 heteroatoms. The summed E-state index contributed by atoms with van der Waals surface area (Å²) >= 11 is 1.28. The molecule has 0 aliphatic carbocycles. The molecule has 0 radical (unpaired) electrons. The van der Waals surface area contributed by atoms with Crippen molar-refractivity contribution in [3.8, 4) is 17.1 Å². The number of rotatable bonds is 5. The van der Waals surface area contributed by atoms with Crippen LogP contribution in [0.15, 0.2) is 53.7 Å². The first-order chi connectivity index (χ1) is 13.2. The van der Waals surface area contributed by atoms with Gasteiger partial charge in [-0.2, -0.15) is 0 Å². The first-order valence-corrected chi connectivity index (χ1v) is 9.52. The van der Waals surface area contributed by atoms with Gasteiger partial charge in [-0.3, -0.25) is 4.79 Å². The number of nitrogens with zero attached hydrogens (tertiary/aromatic N) is 4. The van der Waals surface area contributed by atoms with Gasteiger partial charge in [0.25, 0.3) is 0 Å². The molecule has 27 heavy (non-hydrogen) atoms. The first-order valence-electron chi connectivity index (χ1n) is 8.54. The molecule has 1 aliphatic heterocycles. The fraction of sp³-hybridized carbons (Fsp3) is 0.211. The van der Waals surface area contributed by atoms with Gasteiger partial charge in [-0.05, 0) is 30.2 Å². The van der Waals surface area contributed by atoms with E-state index in [2.05, 4.69) is 16.3 Å². The summed E-state index contributed by atoms with van der Waals surface area (Å²) in [6.07, 6.45) is 0.887. The molecule has 0 saturated heterocycles. The average Bonchev–Trinajstić information content (AvgIpc) is 3.30. The van der Waals surface area contributed by atoms with Crippen molar-refractivity contribution in [1.29, 1.82) is 0 Å². The van der Waals surface area contributed by atoms with Crippen molar-refractivity contribution >= 4 is 23.4 Å². The summed E-state index contributed by atoms with van der Waals surface area (Å²) < 4.78 is 6.76. The summed E-state index contributed by atoms with van der Waals surface area (Å²) in [4.78, 5) is 14.5. The molecule has 138 valence electrons. The highest BCUT2D eigenvalue weighted by Crippen LogP contribution is 2.31. The molecule has 2 N–H and O–H groups in total. The predicted octanol–water partition coefficient (Wildman–Crippen LogP) is 2.35. The summed E-state index contributed by atoms with van der Waals surface area (Å²) in [5.41, 5.74) is 2.95. The van der Waals surface area contributed by atoms with Crippen molar-refractivity contribution in [2.45, 2.75) is 11.6 Å². The van der Waals surface area contributed by atoms with Gasteiger partial charge < -0.3 is 15.5 Å². The Kier molecular flexibility index (Phi) is 4.72. The van der Waals surface area contributed by atoms with E-state index in [0.717, 1.165) is 17.7 Å². The summed E-state index contributed by atoms with van der Waals surface area (Å²) in [6.45, 7) is 0.709. The van der Waals surface area contributed by atoms with E-state index >= 15 is 0 Å². The number of hydrogen-bond acceptors (Lipinski definition) is 6. The minimum absolute atomic E-state index is 0.0341. The van der Waals surface area contributed by atoms with E-state index in [4.69, 9.17) is 10.6 Å². The second-order valence-electron chi connectivity index (χ2n) is 6.09. The molecule has 1 amide bonds. The van der Waals surface area contributed by atoms with Crippen LogP contribution in [0, 0.1) is 0 Å². The Morgan fingerprint density at radius 1 is 1.19 bits per heavy atom. The molecule has 1 aromatic heterocycles. The highest BCUT2D eigenvalue weighted by atomic mass is 32.2. The quantitative estimate of drug-likeness (QED) is 0.539. The van der Waals surface area contributed by atoms with Crippen molar-refractivity contribution in [1.82, 2.24) is 14.9 Å². The zero-order valence-electron chi connectivity index (χ0n) is 14.8. The number of amides is 1. The standard InChI is InChI=1S/C19H19N5O2S/c1-26-16-9-5-3-7-14(16)18-21-22-19(24(18)20)27-12-17(25)23-11-10-13-6-2-4-8-15(13)23/h2-9H,10-12,20H2,1H3. The SMILES string of the molecule is COc1ccccc1-c1nnc(SCC(=O)N2CCc3ccccc32)n1N. The number of nitrogen functional groups attached to an aromatic ring is 1. The monoisotopic (exact) mass is 381 g/mol. The topological polar surface area (TPSA) is 86.3 Å². The zero-order valence-corrected chi connectivity index (χ0v) is 15.6. The van der Waals surface area contributed by atoms with Gasteiger partial charge in [0, 0.05) is 12.2 Å². The lowest BCUT2D eigenvalue weighted by Gasteiger charge is -2.16. The van der Waals surface area contributed by atoms with Crippen molar-refractivity contribution in [2.75, 3.05) is 30.1 Å². The second kappa shape index (κ2) is 7.32. The van der Waals surface area contributed by atoms with E-state index in [1.807, 2.05) is 47.4 Å². The maximum Gasteiger partial charge on any atom is 0.237 e. The Morgan fingerprint density at radius 2 is 1.96 bits per heavy atom. The van der Waals surface area contributed by atoms with E-state index in [9.17, 15) is 4.79 Å². The van der Waals surface area contributed by atoms with Crippen LogP contribution in [0.5, 0.6) is 5.75 Å². The van der Waals surface area contributed by atoms with E-state index in [-0.39, 0.29) is 11.7 Å². The molecular weight excluding hydrogens is 362 g/mol. The third-order valence-corrected chi connectivity index (χ3v) is 5.45. The lowest BCUT2D eigenvalue weighted by atomic mass is 10.2. The van der Waals surface area contributed by atoms with Crippen LogP contribution in [-0.4, -0.2) is 40.2 Å². The van der Waals surface area contributed by atoms with Crippen LogP contribution >= 0.6 is 11.8 Å². The fourth-order valence-electron chi connectivity index (χ4n) is 3.19. The number of benzene rings is 2. The summed E-state index contributed by atoms with van der Waals surface area (Å²) in [7, 11) is 1.60. The number of para-hydroxylation sites is 2. The minimum Gasteiger partial charge on any atom is -0.496 e. The van der Waals surface area contributed by atoms with Crippen molar-refractivity contribution in [3.05, 3.63) is 54.1 Å². The zero-order chi connectivity index (χ0) is 18.8. The van der Waals surface area contributed by atoms with Gasteiger partial charge in [-0.25, -0.2) is 4.68 Å². The maximum absolute atomic E-state index is 12.7. The highest BCUT2D eigenvalue weighted by Gasteiger charge is 2.25. The van der Waals surface area contributed by atoms with Crippen LogP contribution in [0.2, 0.25) is 0 Å². The average molecular weight is 381 g/mol. The fourth-order valence-corrected chi connectivity index (χ4v) is 3.92. The van der Waals surface area contributed by atoms with E-state index < -0.39 is 0 Å². The number of nitrogens with two attached hydrogens (primary N) is 1. The molecule has 0 bridgehead atoms. The smallest absolute Gasteiger partial charge is 0.237 e. The maximum atomic E-state index is 12.7. The lowest BCUT2D eigenvalue weighted by Crippen LogP contribution is -2.30. The normalized spacial score (nSPS) is 12.9. The third kappa shape index (κ3) is 3.23. The van der Waals surface area contributed by atoms with Crippen LogP contribution in [-0.2, 0) is 11.2 Å². The molecule has 3 aromatic rings. The van der Waals surface area contributed by atoms with Gasteiger partial charge in [-0.15, -0.1) is 10.2 Å². The van der Waals surface area contributed by atoms with Gasteiger partial charge in [0.05, 0.1) is 18.4 Å². The van der Waals surface area contributed by atoms with Crippen LogP contribution < -0.4 is 15.5 Å². The molecule has 2 aromatic carbocycles. The number of thioether (sulfide) groups is 1. The van der Waals surface area contributed by atoms with Crippen LogP contribution in [0.25, 0.3) is 11.4 Å². The Balaban J connectivity index is 1.49. The number of aromatic nitrogens is 3. The molecule has 0 fully saturated rings. The Bertz CT molecular complexity index is 988. The molecular formula is C19H19N5O2S. The number of methoxy groups -OCH3 is 1. The molecule has 7 nitrogen and oxygen atoms in total. The molecule has 0 saturated carbocycles. The second-order valence-corrected chi connectivity index (χ2v) is 7.03. The van der Waals surface area contributed by atoms with Crippen LogP contribution in [0.4, 0.5) is 5.69 Å². The van der Waals surface area contributed by atoms with E-state index in [1.165, 1.54) is 22.0 Å². The largest absolute Gasteiger partial charge is 0.496 e. The molecule has 4 rings (SSSR count). The molecule has 2 heterocycles. The molecule has 0 atom stereocenters. The predicted molar refractivity (Wildman–Crippen MR) is 105 cm³/mol. The number of hydrogen-bond donors (Lipinski definition) is 1. The summed E-state index contributed by atoms with van der Waals surface area (Å²) in [5.74, 6) is 7.60. The molecule has 0 unspecified atom stereocenters. The Morgan fingerprint density at radius 3 is 2.81 bits per heavy atom. The summed E-state index contributed by atoms with van der Waals surface area (Å²) in [6, 6.07) is 15.5. The van der Waals surface area contributed by atoms with Crippen LogP contribution in [0.1, 0.15) is 5.56 Å². The third-order valence-electron chi connectivity index (χ3n) is 4.53. The first kappa shape index (κ1) is 17.4. The van der Waals surface area contributed by atoms with Gasteiger partial charge in [0.15, 0.2) is 5.82 Å². The van der Waals surface area contributed by atoms with Crippen molar-refractivity contribution in [3.63, 3.8) is 0 Å². The Labute approximate surface area is 161 Å². The Hall–Kier alpha value is -3.00. The number of anilines is 1. The lowest BCUT2D eigenvalue weighted by molar-refractivity contribution is -0.116. The summed E-state index contributed by atoms with van der Waals surface area (Å²) in [5, 5.41) is 8.79. The van der Waals surface area contributed by atoms with Crippen molar-refractivity contribution in [2.24, 2.45) is 0 Å². The van der Waals surface area contributed by atoms with Gasteiger partial charge >= 0.3 is 0 Å². The number of carbonyl (C=O) groups excluding carboxylic acids is 1. The van der Waals surface area contributed by atoms with Gasteiger partial charge in [0.1, 0.15) is 5.75 Å². The van der Waals surface area contributed by atoms with Crippen molar-refractivity contribution < 1.29 is 9.53 Å².